The van der Waals surface area contributed by atoms with Crippen LogP contribution in [-0.2, 0) is 9.59 Å². The van der Waals surface area contributed by atoms with Crippen LogP contribution in [0.4, 0.5) is 5.69 Å². The highest BCUT2D eigenvalue weighted by molar-refractivity contribution is 6.01. The van der Waals surface area contributed by atoms with E-state index < -0.39 is 6.04 Å². The number of carbonyl (C=O) groups excluding carboxylic acids is 2. The van der Waals surface area contributed by atoms with Crippen LogP contribution in [0.25, 0.3) is 0 Å². The van der Waals surface area contributed by atoms with E-state index in [4.69, 9.17) is 5.41 Å². The zero-order valence-electron chi connectivity index (χ0n) is 10.2. The first kappa shape index (κ1) is 12.3. The van der Waals surface area contributed by atoms with Gasteiger partial charge in [0.15, 0.2) is 5.78 Å². The predicted octanol–water partition coefficient (Wildman–Crippen LogP) is 1.25. The molecule has 1 saturated heterocycles. The number of hydrazine groups is 1. The molecule has 1 amide bonds. The number of hydrogen-bond acceptors (Lipinski definition) is 4. The van der Waals surface area contributed by atoms with Crippen molar-refractivity contribution in [3.05, 3.63) is 30.3 Å². The highest BCUT2D eigenvalue weighted by Crippen LogP contribution is 2.23. The van der Waals surface area contributed by atoms with E-state index in [1.54, 1.807) is 5.01 Å². The summed E-state index contributed by atoms with van der Waals surface area (Å²) in [6.45, 7) is 1.94. The van der Waals surface area contributed by atoms with E-state index in [1.165, 1.54) is 11.9 Å². The minimum absolute atomic E-state index is 0.123. The van der Waals surface area contributed by atoms with Gasteiger partial charge in [-0.3, -0.25) is 14.6 Å². The number of amides is 1. The molecule has 0 aromatic heterocycles. The van der Waals surface area contributed by atoms with E-state index in [0.29, 0.717) is 13.0 Å². The van der Waals surface area contributed by atoms with Gasteiger partial charge in [-0.15, -0.1) is 0 Å². The van der Waals surface area contributed by atoms with Crippen LogP contribution in [0.3, 0.4) is 0 Å². The predicted molar refractivity (Wildman–Crippen MR) is 68.5 cm³/mol. The van der Waals surface area contributed by atoms with E-state index in [9.17, 15) is 9.59 Å². The van der Waals surface area contributed by atoms with Crippen molar-refractivity contribution in [3.63, 3.8) is 0 Å². The first-order valence-electron chi connectivity index (χ1n) is 5.80. The van der Waals surface area contributed by atoms with Crippen LogP contribution in [0.5, 0.6) is 0 Å². The van der Waals surface area contributed by atoms with Crippen molar-refractivity contribution in [1.29, 1.82) is 5.41 Å². The van der Waals surface area contributed by atoms with Crippen LogP contribution in [0.15, 0.2) is 30.3 Å². The monoisotopic (exact) mass is 245 g/mol. The lowest BCUT2D eigenvalue weighted by atomic mass is 10.2. The summed E-state index contributed by atoms with van der Waals surface area (Å²) >= 11 is 0. The Kier molecular flexibility index (Phi) is 3.41. The first-order valence-corrected chi connectivity index (χ1v) is 5.80. The lowest BCUT2D eigenvalue weighted by Crippen LogP contribution is -2.50. The number of carbonyl (C=O) groups is 2. The molecule has 5 nitrogen and oxygen atoms in total. The molecule has 1 aromatic carbocycles. The SMILES string of the molecule is CC(=O)C(C=N)N1C(=O)CCN1c1ccccc1. The van der Waals surface area contributed by atoms with E-state index >= 15 is 0 Å². The average molecular weight is 245 g/mol. The summed E-state index contributed by atoms with van der Waals surface area (Å²) in [6.07, 6.45) is 1.38. The lowest BCUT2D eigenvalue weighted by Gasteiger charge is -2.33. The van der Waals surface area contributed by atoms with Gasteiger partial charge < -0.3 is 5.41 Å². The normalized spacial score (nSPS) is 16.8. The van der Waals surface area contributed by atoms with Gasteiger partial charge in [-0.1, -0.05) is 18.2 Å². The molecule has 94 valence electrons. The molecule has 0 saturated carbocycles. The second kappa shape index (κ2) is 5.00. The smallest absolute Gasteiger partial charge is 0.243 e. The fraction of sp³-hybridized carbons (Fsp3) is 0.308. The molecule has 1 aliphatic heterocycles. The van der Waals surface area contributed by atoms with Crippen LogP contribution in [0.2, 0.25) is 0 Å². The van der Waals surface area contributed by atoms with Crippen LogP contribution < -0.4 is 5.01 Å². The van der Waals surface area contributed by atoms with Gasteiger partial charge in [-0.25, -0.2) is 5.01 Å². The van der Waals surface area contributed by atoms with Crippen molar-refractivity contribution in [1.82, 2.24) is 5.01 Å². The summed E-state index contributed by atoms with van der Waals surface area (Å²) in [5, 5.41) is 10.5. The second-order valence-corrected chi connectivity index (χ2v) is 4.17. The Morgan fingerprint density at radius 2 is 2.06 bits per heavy atom. The largest absolute Gasteiger partial charge is 0.310 e. The number of hydrogen-bond donors (Lipinski definition) is 1. The Balaban J connectivity index is 2.33. The van der Waals surface area contributed by atoms with Gasteiger partial charge >= 0.3 is 0 Å². The number of rotatable bonds is 4. The van der Waals surface area contributed by atoms with E-state index in [1.807, 2.05) is 30.3 Å². The Morgan fingerprint density at radius 1 is 1.39 bits per heavy atom. The van der Waals surface area contributed by atoms with Gasteiger partial charge in [0.2, 0.25) is 5.91 Å². The third-order valence-corrected chi connectivity index (χ3v) is 2.95. The standard InChI is InChI=1S/C13H15N3O2/c1-10(17)12(9-14)16-13(18)7-8-15(16)11-5-3-2-4-6-11/h2-6,9,12,14H,7-8H2,1H3. The fourth-order valence-electron chi connectivity index (χ4n) is 2.08. The molecule has 0 bridgehead atoms. The number of anilines is 1. The molecule has 1 fully saturated rings. The summed E-state index contributed by atoms with van der Waals surface area (Å²) in [4.78, 5) is 23.4. The van der Waals surface area contributed by atoms with Crippen molar-refractivity contribution >= 4 is 23.6 Å². The van der Waals surface area contributed by atoms with Gasteiger partial charge in [0.05, 0.1) is 5.69 Å². The Morgan fingerprint density at radius 3 is 2.61 bits per heavy atom. The third kappa shape index (κ3) is 2.11. The number of para-hydroxylation sites is 1. The summed E-state index contributed by atoms with van der Waals surface area (Å²) < 4.78 is 0. The third-order valence-electron chi connectivity index (χ3n) is 2.95. The molecule has 2 rings (SSSR count). The molecule has 1 aliphatic rings. The van der Waals surface area contributed by atoms with E-state index in [-0.39, 0.29) is 11.7 Å². The van der Waals surface area contributed by atoms with Gasteiger partial charge in [0.1, 0.15) is 6.04 Å². The molecule has 1 heterocycles. The number of benzene rings is 1. The molecule has 18 heavy (non-hydrogen) atoms. The maximum atomic E-state index is 11.9. The molecule has 1 unspecified atom stereocenters. The molecule has 1 N–H and O–H groups in total. The highest BCUT2D eigenvalue weighted by atomic mass is 16.2. The summed E-state index contributed by atoms with van der Waals surface area (Å²) in [6, 6.07) is 8.61. The zero-order valence-corrected chi connectivity index (χ0v) is 10.2. The zero-order chi connectivity index (χ0) is 13.1. The molecule has 1 aromatic rings. The van der Waals surface area contributed by atoms with Gasteiger partial charge in [0, 0.05) is 19.2 Å². The van der Waals surface area contributed by atoms with Crippen molar-refractivity contribution in [3.8, 4) is 0 Å². The van der Waals surface area contributed by atoms with Crippen molar-refractivity contribution < 1.29 is 9.59 Å². The molecule has 0 radical (unpaired) electrons. The van der Waals surface area contributed by atoms with Crippen LogP contribution in [0, 0.1) is 5.41 Å². The Labute approximate surface area is 105 Å². The van der Waals surface area contributed by atoms with Gasteiger partial charge in [0.25, 0.3) is 0 Å². The van der Waals surface area contributed by atoms with Crippen LogP contribution >= 0.6 is 0 Å². The van der Waals surface area contributed by atoms with Crippen molar-refractivity contribution in [2.24, 2.45) is 0 Å². The maximum Gasteiger partial charge on any atom is 0.243 e. The van der Waals surface area contributed by atoms with Gasteiger partial charge in [-0.2, -0.15) is 0 Å². The summed E-state index contributed by atoms with van der Waals surface area (Å²) in [5.74, 6) is -0.330. The lowest BCUT2D eigenvalue weighted by molar-refractivity contribution is -0.133. The average Bonchev–Trinajstić information content (AvgIpc) is 2.74. The minimum Gasteiger partial charge on any atom is -0.310 e. The molecular weight excluding hydrogens is 230 g/mol. The molecule has 0 spiro atoms. The van der Waals surface area contributed by atoms with E-state index in [0.717, 1.165) is 11.9 Å². The highest BCUT2D eigenvalue weighted by Gasteiger charge is 2.36. The molecular formula is C13H15N3O2. The number of nitrogens with one attached hydrogen (secondary N) is 1. The fourth-order valence-corrected chi connectivity index (χ4v) is 2.08. The topological polar surface area (TPSA) is 64.5 Å². The van der Waals surface area contributed by atoms with Crippen LogP contribution in [-0.4, -0.2) is 35.5 Å². The minimum atomic E-state index is -0.805. The quantitative estimate of drug-likeness (QED) is 0.812. The Bertz CT molecular complexity index is 472. The van der Waals surface area contributed by atoms with Crippen LogP contribution in [0.1, 0.15) is 13.3 Å². The molecule has 1 atom stereocenters. The summed E-state index contributed by atoms with van der Waals surface area (Å²) in [5.41, 5.74) is 0.858. The second-order valence-electron chi connectivity index (χ2n) is 4.17. The Hall–Kier alpha value is -2.17. The molecule has 5 heteroatoms. The van der Waals surface area contributed by atoms with Crippen molar-refractivity contribution in [2.75, 3.05) is 11.6 Å². The first-order chi connectivity index (χ1) is 8.65. The number of ketones is 1. The number of nitrogens with zero attached hydrogens (tertiary/aromatic N) is 2. The molecule has 0 aliphatic carbocycles. The maximum absolute atomic E-state index is 11.9. The van der Waals surface area contributed by atoms with Crippen molar-refractivity contribution in [2.45, 2.75) is 19.4 Å². The van der Waals surface area contributed by atoms with E-state index in [2.05, 4.69) is 0 Å². The van der Waals surface area contributed by atoms with Gasteiger partial charge in [-0.05, 0) is 19.1 Å². The summed E-state index contributed by atoms with van der Waals surface area (Å²) in [7, 11) is 0. The number of Topliss-reactive ketones (excluding diaryl/α,β-unsaturated/α-hetero) is 1.